The minimum Gasteiger partial charge on any atom is -0.369 e. The zero-order valence-electron chi connectivity index (χ0n) is 16.9. The topological polar surface area (TPSA) is 64.7 Å². The number of benzene rings is 2. The summed E-state index contributed by atoms with van der Waals surface area (Å²) in [6, 6.07) is 16.9. The molecule has 0 spiro atoms. The first-order chi connectivity index (χ1) is 14.6. The van der Waals surface area contributed by atoms with Crippen LogP contribution in [-0.2, 0) is 9.59 Å². The smallest absolute Gasteiger partial charge is 0.242 e. The van der Waals surface area contributed by atoms with E-state index in [9.17, 15) is 14.0 Å². The highest BCUT2D eigenvalue weighted by atomic mass is 19.1. The van der Waals surface area contributed by atoms with E-state index < -0.39 is 0 Å². The minimum absolute atomic E-state index is 0.107. The molecule has 2 atom stereocenters. The summed E-state index contributed by atoms with van der Waals surface area (Å²) in [5, 5.41) is 0. The Morgan fingerprint density at radius 3 is 2.37 bits per heavy atom. The Hall–Kier alpha value is -2.93. The molecule has 2 aliphatic rings. The summed E-state index contributed by atoms with van der Waals surface area (Å²) in [7, 11) is 0. The lowest BCUT2D eigenvalue weighted by molar-refractivity contribution is -0.129. The van der Waals surface area contributed by atoms with E-state index >= 15 is 0 Å². The second kappa shape index (κ2) is 9.26. The maximum atomic E-state index is 13.8. The molecule has 0 radical (unpaired) electrons. The lowest BCUT2D eigenvalue weighted by atomic mass is 10.1. The minimum atomic E-state index is -0.284. The van der Waals surface area contributed by atoms with Crippen molar-refractivity contribution in [1.29, 1.82) is 0 Å². The van der Waals surface area contributed by atoms with Crippen LogP contribution in [0.5, 0.6) is 0 Å². The van der Waals surface area contributed by atoms with Gasteiger partial charge in [0, 0.05) is 50.7 Å². The average Bonchev–Trinajstić information content (AvgIpc) is 3.58. The first kappa shape index (κ1) is 20.3. The molecule has 7 heteroatoms. The maximum Gasteiger partial charge on any atom is 0.242 e. The Balaban J connectivity index is 1.13. The van der Waals surface area contributed by atoms with E-state index in [1.54, 1.807) is 18.2 Å². The highest BCUT2D eigenvalue weighted by Crippen LogP contribution is 2.48. The molecule has 158 valence electrons. The third-order valence-corrected chi connectivity index (χ3v) is 5.91. The second-order valence-corrected chi connectivity index (χ2v) is 7.92. The number of piperazine rings is 1. The standard InChI is InChI=1S/C23H27FN4O2/c24-21-9-5-4-8-18(21)19-16-20(19)23(30)26-25-22(29)10-11-27-12-14-28(15-13-27)17-6-2-1-3-7-17/h1-9,19-20H,10-16H2,(H,25,29)(H,26,30). The summed E-state index contributed by atoms with van der Waals surface area (Å²) < 4.78 is 13.8. The third kappa shape index (κ3) is 4.97. The first-order valence-electron chi connectivity index (χ1n) is 10.5. The quantitative estimate of drug-likeness (QED) is 0.718. The molecule has 1 heterocycles. The van der Waals surface area contributed by atoms with E-state index in [2.05, 4.69) is 32.8 Å². The molecule has 1 aliphatic heterocycles. The second-order valence-electron chi connectivity index (χ2n) is 7.92. The van der Waals surface area contributed by atoms with Gasteiger partial charge in [-0.3, -0.25) is 25.3 Å². The molecule has 2 N–H and O–H groups in total. The van der Waals surface area contributed by atoms with E-state index in [0.717, 1.165) is 26.2 Å². The number of rotatable bonds is 6. The summed E-state index contributed by atoms with van der Waals surface area (Å²) in [5.41, 5.74) is 6.78. The highest BCUT2D eigenvalue weighted by molar-refractivity contribution is 5.86. The molecule has 1 aliphatic carbocycles. The van der Waals surface area contributed by atoms with Crippen molar-refractivity contribution in [3.63, 3.8) is 0 Å². The molecule has 2 amide bonds. The van der Waals surface area contributed by atoms with E-state index in [1.165, 1.54) is 11.8 Å². The van der Waals surface area contributed by atoms with Gasteiger partial charge in [0.15, 0.2) is 0 Å². The third-order valence-electron chi connectivity index (χ3n) is 5.91. The molecule has 30 heavy (non-hydrogen) atoms. The van der Waals surface area contributed by atoms with Gasteiger partial charge in [-0.2, -0.15) is 0 Å². The number of anilines is 1. The van der Waals surface area contributed by atoms with Crippen LogP contribution < -0.4 is 15.8 Å². The van der Waals surface area contributed by atoms with E-state index in [-0.39, 0.29) is 29.5 Å². The normalized spacial score (nSPS) is 21.2. The number of carbonyl (C=O) groups excluding carboxylic acids is 2. The maximum absolute atomic E-state index is 13.8. The van der Waals surface area contributed by atoms with Crippen LogP contribution in [0.2, 0.25) is 0 Å². The molecule has 0 bridgehead atoms. The van der Waals surface area contributed by atoms with E-state index in [4.69, 9.17) is 0 Å². The molecule has 4 rings (SSSR count). The van der Waals surface area contributed by atoms with Gasteiger partial charge in [0.25, 0.3) is 0 Å². The number of hydrogen-bond donors (Lipinski definition) is 2. The molecular weight excluding hydrogens is 383 g/mol. The van der Waals surface area contributed by atoms with Crippen molar-refractivity contribution in [2.45, 2.75) is 18.8 Å². The van der Waals surface area contributed by atoms with Gasteiger partial charge in [-0.1, -0.05) is 36.4 Å². The summed E-state index contributed by atoms with van der Waals surface area (Å²) in [6.07, 6.45) is 0.932. The van der Waals surface area contributed by atoms with Crippen LogP contribution in [-0.4, -0.2) is 49.4 Å². The number of nitrogens with one attached hydrogen (secondary N) is 2. The van der Waals surface area contributed by atoms with Crippen molar-refractivity contribution < 1.29 is 14.0 Å². The lowest BCUT2D eigenvalue weighted by Crippen LogP contribution is -2.48. The van der Waals surface area contributed by atoms with Crippen molar-refractivity contribution in [3.8, 4) is 0 Å². The fourth-order valence-corrected chi connectivity index (χ4v) is 4.02. The van der Waals surface area contributed by atoms with Gasteiger partial charge < -0.3 is 4.90 Å². The molecule has 2 aromatic carbocycles. The first-order valence-corrected chi connectivity index (χ1v) is 10.5. The van der Waals surface area contributed by atoms with Crippen molar-refractivity contribution >= 4 is 17.5 Å². The highest BCUT2D eigenvalue weighted by Gasteiger charge is 2.45. The largest absolute Gasteiger partial charge is 0.369 e. The van der Waals surface area contributed by atoms with Crippen molar-refractivity contribution in [3.05, 3.63) is 66.0 Å². The van der Waals surface area contributed by atoms with Crippen LogP contribution >= 0.6 is 0 Å². The van der Waals surface area contributed by atoms with Gasteiger partial charge in [-0.05, 0) is 36.1 Å². The Morgan fingerprint density at radius 1 is 0.933 bits per heavy atom. The summed E-state index contributed by atoms with van der Waals surface area (Å²) in [6.45, 7) is 4.33. The number of nitrogens with zero attached hydrogens (tertiary/aromatic N) is 2. The van der Waals surface area contributed by atoms with Gasteiger partial charge in [-0.15, -0.1) is 0 Å². The molecular formula is C23H27FN4O2. The zero-order chi connectivity index (χ0) is 20.9. The Labute approximate surface area is 176 Å². The van der Waals surface area contributed by atoms with E-state index in [0.29, 0.717) is 24.9 Å². The fourth-order valence-electron chi connectivity index (χ4n) is 4.02. The number of para-hydroxylation sites is 1. The average molecular weight is 410 g/mol. The number of amides is 2. The fraction of sp³-hybridized carbons (Fsp3) is 0.391. The summed E-state index contributed by atoms with van der Waals surface area (Å²) in [4.78, 5) is 28.9. The number of hydrogen-bond acceptors (Lipinski definition) is 4. The number of halogens is 1. The van der Waals surface area contributed by atoms with Crippen molar-refractivity contribution in [2.75, 3.05) is 37.6 Å². The monoisotopic (exact) mass is 410 g/mol. The van der Waals surface area contributed by atoms with Crippen molar-refractivity contribution in [1.82, 2.24) is 15.8 Å². The van der Waals surface area contributed by atoms with Crippen LogP contribution in [0.15, 0.2) is 54.6 Å². The Kier molecular flexibility index (Phi) is 6.28. The molecule has 2 unspecified atom stereocenters. The lowest BCUT2D eigenvalue weighted by Gasteiger charge is -2.36. The van der Waals surface area contributed by atoms with Crippen LogP contribution in [0.25, 0.3) is 0 Å². The van der Waals surface area contributed by atoms with E-state index in [1.807, 2.05) is 18.2 Å². The summed E-state index contributed by atoms with van der Waals surface area (Å²) >= 11 is 0. The van der Waals surface area contributed by atoms with Gasteiger partial charge in [0.2, 0.25) is 11.8 Å². The summed E-state index contributed by atoms with van der Waals surface area (Å²) in [5.74, 6) is -1.14. The van der Waals surface area contributed by atoms with Crippen LogP contribution in [0.3, 0.4) is 0 Å². The molecule has 0 aromatic heterocycles. The van der Waals surface area contributed by atoms with Gasteiger partial charge >= 0.3 is 0 Å². The van der Waals surface area contributed by atoms with Crippen LogP contribution in [0, 0.1) is 11.7 Å². The van der Waals surface area contributed by atoms with Gasteiger partial charge in [-0.25, -0.2) is 4.39 Å². The zero-order valence-corrected chi connectivity index (χ0v) is 16.9. The Morgan fingerprint density at radius 2 is 1.63 bits per heavy atom. The van der Waals surface area contributed by atoms with Crippen LogP contribution in [0.1, 0.15) is 24.3 Å². The van der Waals surface area contributed by atoms with Gasteiger partial charge in [0.1, 0.15) is 5.82 Å². The Bertz CT molecular complexity index is 884. The number of hydrazine groups is 1. The molecule has 6 nitrogen and oxygen atoms in total. The molecule has 2 fully saturated rings. The predicted molar refractivity (Wildman–Crippen MR) is 113 cm³/mol. The predicted octanol–water partition coefficient (Wildman–Crippen LogP) is 2.29. The van der Waals surface area contributed by atoms with Crippen LogP contribution in [0.4, 0.5) is 10.1 Å². The SMILES string of the molecule is O=C(CCN1CCN(c2ccccc2)CC1)NNC(=O)C1CC1c1ccccc1F. The molecule has 1 saturated heterocycles. The van der Waals surface area contributed by atoms with Gasteiger partial charge in [0.05, 0.1) is 0 Å². The molecule has 1 saturated carbocycles. The number of carbonyl (C=O) groups is 2. The molecule has 2 aromatic rings. The van der Waals surface area contributed by atoms with Crippen molar-refractivity contribution in [2.24, 2.45) is 5.92 Å².